The molecule has 2 rings (SSSR count). The highest BCUT2D eigenvalue weighted by Crippen LogP contribution is 2.32. The summed E-state index contributed by atoms with van der Waals surface area (Å²) in [6, 6.07) is 0. The van der Waals surface area contributed by atoms with E-state index < -0.39 is 15.1 Å². The van der Waals surface area contributed by atoms with E-state index in [9.17, 15) is 8.42 Å². The Bertz CT molecular complexity index is 505. The zero-order valence-electron chi connectivity index (χ0n) is 10.0. The van der Waals surface area contributed by atoms with Crippen molar-refractivity contribution in [3.63, 3.8) is 0 Å². The smallest absolute Gasteiger partial charge is 0.228 e. The number of aromatic nitrogens is 2. The molecule has 0 bridgehead atoms. The van der Waals surface area contributed by atoms with Crippen LogP contribution < -0.4 is 5.73 Å². The monoisotopic (exact) mass is 259 g/mol. The lowest BCUT2D eigenvalue weighted by molar-refractivity contribution is 0.221. The number of nitrogens with two attached hydrogens (primary N) is 1. The average Bonchev–Trinajstić information content (AvgIpc) is 2.61. The fraction of sp³-hybridized carbons (Fsp3) is 0.800. The van der Waals surface area contributed by atoms with Crippen molar-refractivity contribution in [3.8, 4) is 0 Å². The van der Waals surface area contributed by atoms with Crippen LogP contribution in [0.25, 0.3) is 0 Å². The molecule has 1 aromatic heterocycles. The second kappa shape index (κ2) is 4.06. The van der Waals surface area contributed by atoms with Gasteiger partial charge in [0, 0.05) is 18.2 Å². The highest BCUT2D eigenvalue weighted by molar-refractivity contribution is 7.90. The van der Waals surface area contributed by atoms with Crippen LogP contribution >= 0.6 is 0 Å². The van der Waals surface area contributed by atoms with Gasteiger partial charge in [0.15, 0.2) is 15.7 Å². The minimum Gasteiger partial charge on any atom is -0.339 e. The molecular formula is C10H17N3O3S. The van der Waals surface area contributed by atoms with E-state index in [-0.39, 0.29) is 11.4 Å². The highest BCUT2D eigenvalue weighted by atomic mass is 32.2. The van der Waals surface area contributed by atoms with Gasteiger partial charge < -0.3 is 10.3 Å². The summed E-state index contributed by atoms with van der Waals surface area (Å²) in [6.45, 7) is 1.55. The predicted molar refractivity (Wildman–Crippen MR) is 62.0 cm³/mol. The first kappa shape index (κ1) is 12.5. The van der Waals surface area contributed by atoms with Gasteiger partial charge in [-0.3, -0.25) is 0 Å². The Kier molecular flexibility index (Phi) is 2.99. The largest absolute Gasteiger partial charge is 0.339 e. The van der Waals surface area contributed by atoms with E-state index in [1.54, 1.807) is 6.92 Å². The van der Waals surface area contributed by atoms with Gasteiger partial charge in [-0.25, -0.2) is 8.42 Å². The van der Waals surface area contributed by atoms with Crippen molar-refractivity contribution in [2.45, 2.75) is 43.4 Å². The van der Waals surface area contributed by atoms with Crippen LogP contribution in [-0.4, -0.2) is 30.4 Å². The summed E-state index contributed by atoms with van der Waals surface area (Å²) in [5.74, 6) is 0.642. The third kappa shape index (κ3) is 2.66. The molecule has 1 aromatic rings. The number of hydrogen-bond donors (Lipinski definition) is 1. The number of sulfone groups is 1. The molecule has 1 heterocycles. The SMILES string of the molecule is CC(c1noc(CC2(N)CCC2)n1)S(C)(=O)=O. The van der Waals surface area contributed by atoms with Gasteiger partial charge in [-0.15, -0.1) is 0 Å². The first-order valence-corrected chi connectivity index (χ1v) is 7.56. The first-order valence-electron chi connectivity index (χ1n) is 5.60. The van der Waals surface area contributed by atoms with Crippen molar-refractivity contribution >= 4 is 9.84 Å². The van der Waals surface area contributed by atoms with Crippen molar-refractivity contribution in [1.29, 1.82) is 0 Å². The zero-order valence-corrected chi connectivity index (χ0v) is 10.8. The van der Waals surface area contributed by atoms with E-state index in [2.05, 4.69) is 10.1 Å². The second-order valence-electron chi connectivity index (χ2n) is 4.91. The van der Waals surface area contributed by atoms with Gasteiger partial charge in [0.1, 0.15) is 5.25 Å². The predicted octanol–water partition coefficient (Wildman–Crippen LogP) is 0.599. The number of nitrogens with zero attached hydrogens (tertiary/aromatic N) is 2. The van der Waals surface area contributed by atoms with Crippen molar-refractivity contribution < 1.29 is 12.9 Å². The number of hydrogen-bond acceptors (Lipinski definition) is 6. The topological polar surface area (TPSA) is 99.1 Å². The minimum absolute atomic E-state index is 0.213. The van der Waals surface area contributed by atoms with Crippen LogP contribution in [0.3, 0.4) is 0 Å². The van der Waals surface area contributed by atoms with E-state index in [4.69, 9.17) is 10.3 Å². The molecule has 0 amide bonds. The first-order chi connectivity index (χ1) is 7.80. The molecule has 6 nitrogen and oxygen atoms in total. The Balaban J connectivity index is 2.11. The van der Waals surface area contributed by atoms with Gasteiger partial charge in [0.25, 0.3) is 0 Å². The molecule has 2 N–H and O–H groups in total. The Morgan fingerprint density at radius 1 is 1.53 bits per heavy atom. The Morgan fingerprint density at radius 2 is 2.18 bits per heavy atom. The van der Waals surface area contributed by atoms with Gasteiger partial charge in [-0.05, 0) is 26.2 Å². The van der Waals surface area contributed by atoms with Crippen molar-refractivity contribution in [3.05, 3.63) is 11.7 Å². The van der Waals surface area contributed by atoms with Crippen molar-refractivity contribution in [2.75, 3.05) is 6.26 Å². The molecule has 96 valence electrons. The summed E-state index contributed by atoms with van der Waals surface area (Å²) in [5.41, 5.74) is 5.82. The van der Waals surface area contributed by atoms with E-state index >= 15 is 0 Å². The summed E-state index contributed by atoms with van der Waals surface area (Å²) in [7, 11) is -3.19. The van der Waals surface area contributed by atoms with E-state index in [0.717, 1.165) is 25.5 Å². The van der Waals surface area contributed by atoms with Crippen LogP contribution in [0.15, 0.2) is 4.52 Å². The molecule has 0 spiro atoms. The number of rotatable bonds is 4. The van der Waals surface area contributed by atoms with E-state index in [1.165, 1.54) is 0 Å². The van der Waals surface area contributed by atoms with Crippen LogP contribution in [-0.2, 0) is 16.3 Å². The summed E-state index contributed by atoms with van der Waals surface area (Å²) in [4.78, 5) is 4.11. The van der Waals surface area contributed by atoms with E-state index in [0.29, 0.717) is 12.3 Å². The summed E-state index contributed by atoms with van der Waals surface area (Å²) in [5, 5.41) is 2.96. The minimum atomic E-state index is -3.19. The normalized spacial score (nSPS) is 20.9. The maximum atomic E-state index is 11.3. The molecule has 7 heteroatoms. The van der Waals surface area contributed by atoms with Gasteiger partial charge in [-0.2, -0.15) is 4.98 Å². The fourth-order valence-electron chi connectivity index (χ4n) is 1.81. The Labute approximate surface area is 100 Å². The summed E-state index contributed by atoms with van der Waals surface area (Å²) < 4.78 is 27.7. The lowest BCUT2D eigenvalue weighted by Crippen LogP contribution is -2.48. The summed E-state index contributed by atoms with van der Waals surface area (Å²) in [6.07, 6.45) is 4.70. The Hall–Kier alpha value is -0.950. The maximum Gasteiger partial charge on any atom is 0.228 e. The van der Waals surface area contributed by atoms with Crippen LogP contribution in [0.1, 0.15) is 43.2 Å². The maximum absolute atomic E-state index is 11.3. The van der Waals surface area contributed by atoms with Crippen LogP contribution in [0.2, 0.25) is 0 Å². The molecule has 0 radical (unpaired) electrons. The molecule has 1 aliphatic carbocycles. The molecular weight excluding hydrogens is 242 g/mol. The van der Waals surface area contributed by atoms with Gasteiger partial charge in [0.05, 0.1) is 0 Å². The average molecular weight is 259 g/mol. The molecule has 1 saturated carbocycles. The third-order valence-corrected chi connectivity index (χ3v) is 4.84. The van der Waals surface area contributed by atoms with Crippen LogP contribution in [0.5, 0.6) is 0 Å². The molecule has 0 aromatic carbocycles. The lowest BCUT2D eigenvalue weighted by Gasteiger charge is -2.36. The fourth-order valence-corrected chi connectivity index (χ4v) is 2.28. The highest BCUT2D eigenvalue weighted by Gasteiger charge is 2.35. The van der Waals surface area contributed by atoms with Crippen LogP contribution in [0, 0.1) is 0 Å². The van der Waals surface area contributed by atoms with Gasteiger partial charge in [0.2, 0.25) is 5.89 Å². The molecule has 1 atom stereocenters. The van der Waals surface area contributed by atoms with Crippen LogP contribution in [0.4, 0.5) is 0 Å². The molecule has 0 saturated heterocycles. The van der Waals surface area contributed by atoms with Gasteiger partial charge >= 0.3 is 0 Å². The summed E-state index contributed by atoms with van der Waals surface area (Å²) >= 11 is 0. The standard InChI is InChI=1S/C10H17N3O3S/c1-7(17(2,14)15)9-12-8(16-13-9)6-10(11)4-3-5-10/h7H,3-6,11H2,1-2H3. The van der Waals surface area contributed by atoms with Crippen molar-refractivity contribution in [1.82, 2.24) is 10.1 Å². The zero-order chi connectivity index (χ0) is 12.7. The quantitative estimate of drug-likeness (QED) is 0.850. The van der Waals surface area contributed by atoms with Gasteiger partial charge in [-0.1, -0.05) is 5.16 Å². The second-order valence-corrected chi connectivity index (χ2v) is 7.28. The molecule has 1 aliphatic rings. The molecule has 0 aliphatic heterocycles. The molecule has 17 heavy (non-hydrogen) atoms. The van der Waals surface area contributed by atoms with Crippen molar-refractivity contribution in [2.24, 2.45) is 5.73 Å². The lowest BCUT2D eigenvalue weighted by atomic mass is 9.75. The van der Waals surface area contributed by atoms with E-state index in [1.807, 2.05) is 0 Å². The Morgan fingerprint density at radius 3 is 2.65 bits per heavy atom. The third-order valence-electron chi connectivity index (χ3n) is 3.34. The molecule has 1 unspecified atom stereocenters. The molecule has 1 fully saturated rings.